The first kappa shape index (κ1) is 16.2. The molecule has 1 heterocycles. The predicted molar refractivity (Wildman–Crippen MR) is 71.0 cm³/mol. The van der Waals surface area contributed by atoms with Gasteiger partial charge in [-0.25, -0.2) is 0 Å². The van der Waals surface area contributed by atoms with Crippen molar-refractivity contribution in [3.8, 4) is 0 Å². The normalized spacial score (nSPS) is 11.2. The molecule has 0 atom stereocenters. The molecule has 0 fully saturated rings. The van der Waals surface area contributed by atoms with Gasteiger partial charge in [0.25, 0.3) is 5.91 Å². The molecule has 0 saturated carbocycles. The maximum Gasteiger partial charge on any atom is 0.286 e. The molecule has 7 heteroatoms. The summed E-state index contributed by atoms with van der Waals surface area (Å²) in [4.78, 5) is 23.2. The summed E-state index contributed by atoms with van der Waals surface area (Å²) in [6.07, 6.45) is 1.85. The zero-order valence-electron chi connectivity index (χ0n) is 11.4. The average molecular weight is 284 g/mol. The number of furan rings is 1. The van der Waals surface area contributed by atoms with Crippen LogP contribution in [0.2, 0.25) is 0 Å². The van der Waals surface area contributed by atoms with E-state index in [4.69, 9.17) is 4.42 Å². The second-order valence-electron chi connectivity index (χ2n) is 4.48. The summed E-state index contributed by atoms with van der Waals surface area (Å²) in [5.74, 6) is -0.567. The fourth-order valence-electron chi connectivity index (χ4n) is 1.58. The zero-order valence-corrected chi connectivity index (χ0v) is 11.4. The van der Waals surface area contributed by atoms with Gasteiger partial charge in [-0.3, -0.25) is 9.59 Å². The summed E-state index contributed by atoms with van der Waals surface area (Å²) in [6.45, 7) is 1.21. The maximum atomic E-state index is 11.7. The smallest absolute Gasteiger partial charge is 0.286 e. The number of hydrogen-bond donors (Lipinski definition) is 4. The third kappa shape index (κ3) is 4.36. The van der Waals surface area contributed by atoms with Crippen molar-refractivity contribution in [3.63, 3.8) is 0 Å². The lowest BCUT2D eigenvalue weighted by atomic mass is 9.98. The Labute approximate surface area is 117 Å². The highest BCUT2D eigenvalue weighted by atomic mass is 16.3. The molecule has 0 aliphatic rings. The molecule has 2 amide bonds. The largest absolute Gasteiger partial charge is 0.459 e. The lowest BCUT2D eigenvalue weighted by molar-refractivity contribution is -0.124. The van der Waals surface area contributed by atoms with Gasteiger partial charge >= 0.3 is 0 Å². The molecule has 0 radical (unpaired) electrons. The zero-order chi connectivity index (χ0) is 15.0. The van der Waals surface area contributed by atoms with Gasteiger partial charge in [0.05, 0.1) is 25.0 Å². The van der Waals surface area contributed by atoms with Crippen molar-refractivity contribution in [2.75, 3.05) is 19.8 Å². The van der Waals surface area contributed by atoms with Crippen LogP contribution in [0.15, 0.2) is 22.8 Å². The van der Waals surface area contributed by atoms with Gasteiger partial charge in [0, 0.05) is 13.0 Å². The minimum atomic E-state index is -1.01. The Morgan fingerprint density at radius 2 is 2.05 bits per heavy atom. The monoisotopic (exact) mass is 284 g/mol. The van der Waals surface area contributed by atoms with Crippen molar-refractivity contribution in [3.05, 3.63) is 24.2 Å². The van der Waals surface area contributed by atoms with E-state index in [0.29, 0.717) is 6.42 Å². The predicted octanol–water partition coefficient (Wildman–Crippen LogP) is -0.351. The van der Waals surface area contributed by atoms with Gasteiger partial charge in [-0.2, -0.15) is 0 Å². The summed E-state index contributed by atoms with van der Waals surface area (Å²) in [5, 5.41) is 23.5. The fraction of sp³-hybridized carbons (Fsp3) is 0.538. The second kappa shape index (κ2) is 7.66. The fourth-order valence-corrected chi connectivity index (χ4v) is 1.58. The van der Waals surface area contributed by atoms with E-state index >= 15 is 0 Å². The molecule has 112 valence electrons. The molecule has 0 unspecified atom stereocenters. The number of nitrogens with one attached hydrogen (secondary N) is 2. The molecule has 0 aliphatic carbocycles. The first-order chi connectivity index (χ1) is 9.56. The van der Waals surface area contributed by atoms with E-state index in [1.807, 2.05) is 0 Å². The quantitative estimate of drug-likeness (QED) is 0.521. The van der Waals surface area contributed by atoms with Crippen LogP contribution in [0.4, 0.5) is 0 Å². The molecule has 1 aromatic rings. The van der Waals surface area contributed by atoms with Crippen LogP contribution in [0.25, 0.3) is 0 Å². The second-order valence-corrected chi connectivity index (χ2v) is 4.48. The molecule has 20 heavy (non-hydrogen) atoms. The van der Waals surface area contributed by atoms with Crippen LogP contribution in [0.5, 0.6) is 0 Å². The van der Waals surface area contributed by atoms with Gasteiger partial charge in [0.1, 0.15) is 0 Å². The van der Waals surface area contributed by atoms with Crippen LogP contribution in [0.3, 0.4) is 0 Å². The van der Waals surface area contributed by atoms with Gasteiger partial charge in [-0.1, -0.05) is 6.92 Å². The average Bonchev–Trinajstić information content (AvgIpc) is 2.99. The molecular formula is C13H20N2O5. The lowest BCUT2D eigenvalue weighted by Crippen LogP contribution is -2.54. The summed E-state index contributed by atoms with van der Waals surface area (Å²) in [5.41, 5.74) is -1.01. The van der Waals surface area contributed by atoms with E-state index in [-0.39, 0.29) is 37.8 Å². The minimum Gasteiger partial charge on any atom is -0.459 e. The third-order valence-electron chi connectivity index (χ3n) is 3.07. The number of rotatable bonds is 8. The first-order valence-corrected chi connectivity index (χ1v) is 6.41. The Kier molecular flexibility index (Phi) is 6.20. The first-order valence-electron chi connectivity index (χ1n) is 6.41. The number of carbonyl (C=O) groups is 2. The highest BCUT2D eigenvalue weighted by molar-refractivity contribution is 5.91. The van der Waals surface area contributed by atoms with E-state index < -0.39 is 11.4 Å². The summed E-state index contributed by atoms with van der Waals surface area (Å²) >= 11 is 0. The van der Waals surface area contributed by atoms with Gasteiger partial charge in [-0.05, 0) is 18.6 Å². The molecule has 1 aromatic heterocycles. The van der Waals surface area contributed by atoms with Crippen molar-refractivity contribution in [1.82, 2.24) is 10.6 Å². The Bertz CT molecular complexity index is 418. The van der Waals surface area contributed by atoms with Crippen molar-refractivity contribution in [2.45, 2.75) is 25.3 Å². The molecule has 7 nitrogen and oxygen atoms in total. The van der Waals surface area contributed by atoms with Crippen LogP contribution in [0, 0.1) is 0 Å². The van der Waals surface area contributed by atoms with Gasteiger partial charge in [0.15, 0.2) is 5.76 Å². The maximum absolute atomic E-state index is 11.7. The molecule has 0 spiro atoms. The highest BCUT2D eigenvalue weighted by Crippen LogP contribution is 2.08. The minimum absolute atomic E-state index is 0.0498. The number of aliphatic hydroxyl groups excluding tert-OH is 2. The topological polar surface area (TPSA) is 112 Å². The summed E-state index contributed by atoms with van der Waals surface area (Å²) < 4.78 is 4.91. The van der Waals surface area contributed by atoms with Crippen LogP contribution in [0.1, 0.15) is 30.3 Å². The van der Waals surface area contributed by atoms with Crippen molar-refractivity contribution < 1.29 is 24.2 Å². The molecule has 0 aromatic carbocycles. The molecule has 0 bridgehead atoms. The van der Waals surface area contributed by atoms with Gasteiger partial charge < -0.3 is 25.3 Å². The molecule has 0 saturated heterocycles. The van der Waals surface area contributed by atoms with Crippen molar-refractivity contribution in [1.29, 1.82) is 0 Å². The number of aliphatic hydroxyl groups is 2. The molecule has 0 aliphatic heterocycles. The van der Waals surface area contributed by atoms with E-state index in [9.17, 15) is 19.8 Å². The van der Waals surface area contributed by atoms with E-state index in [1.54, 1.807) is 13.0 Å². The third-order valence-corrected chi connectivity index (χ3v) is 3.07. The Morgan fingerprint density at radius 1 is 1.35 bits per heavy atom. The molecule has 4 N–H and O–H groups in total. The Balaban J connectivity index is 2.35. The standard InChI is InChI=1S/C13H20N2O5/c1-2-13(8-16,9-17)15-11(18)5-6-14-12(19)10-4-3-7-20-10/h3-4,7,16-17H,2,5-6,8-9H2,1H3,(H,14,19)(H,15,18). The van der Waals surface area contributed by atoms with Crippen LogP contribution in [-0.2, 0) is 4.79 Å². The molecular weight excluding hydrogens is 264 g/mol. The van der Waals surface area contributed by atoms with Crippen LogP contribution < -0.4 is 10.6 Å². The van der Waals surface area contributed by atoms with E-state index in [0.717, 1.165) is 0 Å². The van der Waals surface area contributed by atoms with Crippen LogP contribution >= 0.6 is 0 Å². The SMILES string of the molecule is CCC(CO)(CO)NC(=O)CCNC(=O)c1ccco1. The van der Waals surface area contributed by atoms with Crippen molar-refractivity contribution in [2.24, 2.45) is 0 Å². The van der Waals surface area contributed by atoms with Gasteiger partial charge in [0.2, 0.25) is 5.91 Å². The number of amides is 2. The Morgan fingerprint density at radius 3 is 2.55 bits per heavy atom. The molecule has 1 rings (SSSR count). The highest BCUT2D eigenvalue weighted by Gasteiger charge is 2.28. The van der Waals surface area contributed by atoms with E-state index in [1.165, 1.54) is 12.3 Å². The lowest BCUT2D eigenvalue weighted by Gasteiger charge is -2.29. The summed E-state index contributed by atoms with van der Waals surface area (Å²) in [6, 6.07) is 3.12. The van der Waals surface area contributed by atoms with E-state index in [2.05, 4.69) is 10.6 Å². The van der Waals surface area contributed by atoms with Gasteiger partial charge in [-0.15, -0.1) is 0 Å². The van der Waals surface area contributed by atoms with Crippen LogP contribution in [-0.4, -0.2) is 47.3 Å². The Hall–Kier alpha value is -1.86. The number of carbonyl (C=O) groups excluding carboxylic acids is 2. The van der Waals surface area contributed by atoms with Crippen molar-refractivity contribution >= 4 is 11.8 Å². The number of hydrogen-bond acceptors (Lipinski definition) is 5. The summed E-state index contributed by atoms with van der Waals surface area (Å²) in [7, 11) is 0.